The predicted molar refractivity (Wildman–Crippen MR) is 64.2 cm³/mol. The second kappa shape index (κ2) is 7.55. The van der Waals surface area contributed by atoms with E-state index in [2.05, 4.69) is 24.5 Å². The number of hydrogen-bond acceptors (Lipinski definition) is 3. The standard InChI is InChI=1S/C11H23NOS/c1-2-13-11-5-8-12(9-6-11)7-3-4-10-14/h11,14H,2-10H2,1H3. The van der Waals surface area contributed by atoms with Crippen LogP contribution < -0.4 is 0 Å². The van der Waals surface area contributed by atoms with Crippen LogP contribution in [0.2, 0.25) is 0 Å². The summed E-state index contributed by atoms with van der Waals surface area (Å²) in [5.74, 6) is 1.02. The fourth-order valence-electron chi connectivity index (χ4n) is 1.98. The molecule has 0 aromatic heterocycles. The SMILES string of the molecule is CCOC1CCN(CCCCS)CC1. The van der Waals surface area contributed by atoms with Crippen molar-refractivity contribution >= 4 is 12.6 Å². The first-order valence-electron chi connectivity index (χ1n) is 5.81. The zero-order valence-corrected chi connectivity index (χ0v) is 10.1. The summed E-state index contributed by atoms with van der Waals surface area (Å²) in [4.78, 5) is 2.55. The molecule has 1 saturated heterocycles. The molecule has 1 fully saturated rings. The average Bonchev–Trinajstić information content (AvgIpc) is 2.21. The van der Waals surface area contributed by atoms with Gasteiger partial charge in [-0.2, -0.15) is 12.6 Å². The highest BCUT2D eigenvalue weighted by atomic mass is 32.1. The van der Waals surface area contributed by atoms with Crippen LogP contribution in [0.4, 0.5) is 0 Å². The Balaban J connectivity index is 2.03. The highest BCUT2D eigenvalue weighted by Gasteiger charge is 2.18. The zero-order valence-electron chi connectivity index (χ0n) is 9.24. The van der Waals surface area contributed by atoms with Crippen molar-refractivity contribution in [2.75, 3.05) is 32.0 Å². The van der Waals surface area contributed by atoms with Gasteiger partial charge in [-0.1, -0.05) is 0 Å². The van der Waals surface area contributed by atoms with Crippen LogP contribution in [0.15, 0.2) is 0 Å². The van der Waals surface area contributed by atoms with Crippen LogP contribution in [-0.2, 0) is 4.74 Å². The summed E-state index contributed by atoms with van der Waals surface area (Å²) in [6.07, 6.45) is 5.50. The number of ether oxygens (including phenoxy) is 1. The Morgan fingerprint density at radius 1 is 1.29 bits per heavy atom. The number of thiol groups is 1. The van der Waals surface area contributed by atoms with Crippen molar-refractivity contribution in [3.8, 4) is 0 Å². The zero-order chi connectivity index (χ0) is 10.2. The van der Waals surface area contributed by atoms with Gasteiger partial charge in [-0.05, 0) is 44.9 Å². The van der Waals surface area contributed by atoms with Crippen molar-refractivity contribution < 1.29 is 4.74 Å². The Morgan fingerprint density at radius 3 is 2.57 bits per heavy atom. The maximum Gasteiger partial charge on any atom is 0.0599 e. The number of likely N-dealkylation sites (tertiary alicyclic amines) is 1. The summed E-state index contributed by atoms with van der Waals surface area (Å²) < 4.78 is 5.62. The lowest BCUT2D eigenvalue weighted by atomic mass is 10.1. The van der Waals surface area contributed by atoms with Crippen LogP contribution >= 0.6 is 12.6 Å². The molecule has 2 nitrogen and oxygen atoms in total. The normalized spacial score (nSPS) is 20.1. The third-order valence-electron chi connectivity index (χ3n) is 2.82. The first-order valence-corrected chi connectivity index (χ1v) is 6.45. The molecule has 0 saturated carbocycles. The molecule has 3 heteroatoms. The minimum Gasteiger partial charge on any atom is -0.378 e. The topological polar surface area (TPSA) is 12.5 Å². The van der Waals surface area contributed by atoms with Gasteiger partial charge in [-0.15, -0.1) is 0 Å². The molecule has 0 unspecified atom stereocenters. The maximum absolute atomic E-state index is 5.62. The summed E-state index contributed by atoms with van der Waals surface area (Å²) in [6.45, 7) is 6.64. The van der Waals surface area contributed by atoms with E-state index in [1.165, 1.54) is 45.3 Å². The lowest BCUT2D eigenvalue weighted by Gasteiger charge is -2.31. The minimum absolute atomic E-state index is 0.529. The molecule has 0 radical (unpaired) electrons. The maximum atomic E-state index is 5.62. The molecule has 1 aliphatic heterocycles. The summed E-state index contributed by atoms with van der Waals surface area (Å²) >= 11 is 4.22. The third kappa shape index (κ3) is 4.67. The van der Waals surface area contributed by atoms with Crippen LogP contribution in [0.5, 0.6) is 0 Å². The summed E-state index contributed by atoms with van der Waals surface area (Å²) in [5, 5.41) is 0. The van der Waals surface area contributed by atoms with Crippen molar-refractivity contribution in [3.05, 3.63) is 0 Å². The first-order chi connectivity index (χ1) is 6.86. The monoisotopic (exact) mass is 217 g/mol. The van der Waals surface area contributed by atoms with Crippen LogP contribution in [0, 0.1) is 0 Å². The van der Waals surface area contributed by atoms with Gasteiger partial charge < -0.3 is 9.64 Å². The quantitative estimate of drug-likeness (QED) is 0.541. The van der Waals surface area contributed by atoms with Gasteiger partial charge in [0.2, 0.25) is 0 Å². The van der Waals surface area contributed by atoms with E-state index in [-0.39, 0.29) is 0 Å². The molecule has 14 heavy (non-hydrogen) atoms. The molecule has 1 heterocycles. The fourth-order valence-corrected chi connectivity index (χ4v) is 2.21. The van der Waals surface area contributed by atoms with Gasteiger partial charge >= 0.3 is 0 Å². The molecule has 0 atom stereocenters. The molecule has 0 amide bonds. The van der Waals surface area contributed by atoms with E-state index in [9.17, 15) is 0 Å². The third-order valence-corrected chi connectivity index (χ3v) is 3.14. The molecule has 0 N–H and O–H groups in total. The molecule has 0 spiro atoms. The van der Waals surface area contributed by atoms with Crippen molar-refractivity contribution in [2.24, 2.45) is 0 Å². The second-order valence-corrected chi connectivity index (χ2v) is 4.37. The van der Waals surface area contributed by atoms with Gasteiger partial charge in [0.15, 0.2) is 0 Å². The number of hydrogen-bond donors (Lipinski definition) is 1. The summed E-state index contributed by atoms with van der Waals surface area (Å²) in [6, 6.07) is 0. The number of piperidine rings is 1. The molecule has 0 aromatic rings. The Hall–Kier alpha value is 0.270. The van der Waals surface area contributed by atoms with Crippen LogP contribution in [0.25, 0.3) is 0 Å². The van der Waals surface area contributed by atoms with Crippen molar-refractivity contribution in [2.45, 2.75) is 38.7 Å². The van der Waals surface area contributed by atoms with Crippen LogP contribution in [0.3, 0.4) is 0 Å². The average molecular weight is 217 g/mol. The van der Waals surface area contributed by atoms with E-state index in [4.69, 9.17) is 4.74 Å². The van der Waals surface area contributed by atoms with Crippen molar-refractivity contribution in [3.63, 3.8) is 0 Å². The molecule has 84 valence electrons. The Bertz CT molecular complexity index is 135. The number of unbranched alkanes of at least 4 members (excludes halogenated alkanes) is 1. The lowest BCUT2D eigenvalue weighted by Crippen LogP contribution is -2.37. The van der Waals surface area contributed by atoms with Gasteiger partial charge in [0.25, 0.3) is 0 Å². The molecule has 0 aliphatic carbocycles. The lowest BCUT2D eigenvalue weighted by molar-refractivity contribution is 0.0141. The highest BCUT2D eigenvalue weighted by Crippen LogP contribution is 2.13. The molecular weight excluding hydrogens is 194 g/mol. The van der Waals surface area contributed by atoms with E-state index < -0.39 is 0 Å². The van der Waals surface area contributed by atoms with Crippen LogP contribution in [0.1, 0.15) is 32.6 Å². The number of nitrogens with zero attached hydrogens (tertiary/aromatic N) is 1. The van der Waals surface area contributed by atoms with Gasteiger partial charge in [0, 0.05) is 19.7 Å². The molecular formula is C11H23NOS. The number of rotatable bonds is 6. The smallest absolute Gasteiger partial charge is 0.0599 e. The molecule has 0 aromatic carbocycles. The molecule has 1 rings (SSSR count). The highest BCUT2D eigenvalue weighted by molar-refractivity contribution is 7.80. The molecule has 0 bridgehead atoms. The van der Waals surface area contributed by atoms with E-state index >= 15 is 0 Å². The second-order valence-electron chi connectivity index (χ2n) is 3.93. The van der Waals surface area contributed by atoms with Crippen molar-refractivity contribution in [1.82, 2.24) is 4.90 Å². The van der Waals surface area contributed by atoms with Crippen LogP contribution in [-0.4, -0.2) is 43.0 Å². The molecule has 1 aliphatic rings. The summed E-state index contributed by atoms with van der Waals surface area (Å²) in [7, 11) is 0. The first kappa shape index (κ1) is 12.3. The van der Waals surface area contributed by atoms with Gasteiger partial charge in [0.05, 0.1) is 6.10 Å². The van der Waals surface area contributed by atoms with Gasteiger partial charge in [-0.25, -0.2) is 0 Å². The van der Waals surface area contributed by atoms with E-state index in [0.29, 0.717) is 6.10 Å². The minimum atomic E-state index is 0.529. The Kier molecular flexibility index (Phi) is 6.65. The summed E-state index contributed by atoms with van der Waals surface area (Å²) in [5.41, 5.74) is 0. The van der Waals surface area contributed by atoms with Gasteiger partial charge in [0.1, 0.15) is 0 Å². The predicted octanol–water partition coefficient (Wildman–Crippen LogP) is 2.20. The van der Waals surface area contributed by atoms with E-state index in [1.54, 1.807) is 0 Å². The Labute approximate surface area is 93.4 Å². The van der Waals surface area contributed by atoms with E-state index in [1.807, 2.05) is 0 Å². The largest absolute Gasteiger partial charge is 0.378 e. The fraction of sp³-hybridized carbons (Fsp3) is 1.00. The van der Waals surface area contributed by atoms with E-state index in [0.717, 1.165) is 12.4 Å². The van der Waals surface area contributed by atoms with Crippen molar-refractivity contribution in [1.29, 1.82) is 0 Å². The Morgan fingerprint density at radius 2 is 2.00 bits per heavy atom. The van der Waals surface area contributed by atoms with Gasteiger partial charge in [-0.3, -0.25) is 0 Å².